The monoisotopic (exact) mass is 353 g/mol. The third kappa shape index (κ3) is 2.98. The summed E-state index contributed by atoms with van der Waals surface area (Å²) in [6.45, 7) is 1.78. The molecule has 2 rings (SSSR count). The molecule has 18 heavy (non-hydrogen) atoms. The molecule has 0 bridgehead atoms. The molecule has 0 fully saturated rings. The van der Waals surface area contributed by atoms with Crippen LogP contribution < -0.4 is 11.1 Å². The molecule has 1 aromatic carbocycles. The summed E-state index contributed by atoms with van der Waals surface area (Å²) in [4.78, 5) is 16.1. The molecular weight excluding hydrogens is 341 g/mol. The number of pyridine rings is 1. The highest BCUT2D eigenvalue weighted by molar-refractivity contribution is 14.1. The molecule has 0 saturated heterocycles. The Kier molecular flexibility index (Phi) is 3.81. The molecule has 3 N–H and O–H groups in total. The van der Waals surface area contributed by atoms with Crippen LogP contribution in [0.2, 0.25) is 0 Å². The highest BCUT2D eigenvalue weighted by atomic mass is 127. The number of nitrogens with one attached hydrogen (secondary N) is 1. The van der Waals surface area contributed by atoms with Gasteiger partial charge in [0.05, 0.1) is 23.1 Å². The fraction of sp³-hybridized carbons (Fsp3) is 0.0769. The van der Waals surface area contributed by atoms with Gasteiger partial charge in [0, 0.05) is 9.26 Å². The highest BCUT2D eigenvalue weighted by Crippen LogP contribution is 2.15. The van der Waals surface area contributed by atoms with E-state index in [0.29, 0.717) is 16.9 Å². The van der Waals surface area contributed by atoms with Gasteiger partial charge in [-0.15, -0.1) is 0 Å². The Morgan fingerprint density at radius 1 is 1.33 bits per heavy atom. The quantitative estimate of drug-likeness (QED) is 0.816. The van der Waals surface area contributed by atoms with Crippen LogP contribution in [0.4, 0.5) is 11.4 Å². The zero-order valence-electron chi connectivity index (χ0n) is 9.77. The Morgan fingerprint density at radius 2 is 2.00 bits per heavy atom. The molecule has 0 atom stereocenters. The van der Waals surface area contributed by atoms with Crippen LogP contribution in [0.25, 0.3) is 0 Å². The van der Waals surface area contributed by atoms with Crippen LogP contribution in [0.1, 0.15) is 16.1 Å². The van der Waals surface area contributed by atoms with Gasteiger partial charge in [-0.1, -0.05) is 0 Å². The standard InChI is InChI=1S/C13H12IN3O/c1-8-12(6-10(15)7-16-8)13(18)17-11-4-2-9(14)3-5-11/h2-7H,15H2,1H3,(H,17,18). The van der Waals surface area contributed by atoms with Crippen molar-refractivity contribution in [2.24, 2.45) is 0 Å². The van der Waals surface area contributed by atoms with E-state index in [4.69, 9.17) is 5.73 Å². The first-order valence-corrected chi connectivity index (χ1v) is 6.43. The van der Waals surface area contributed by atoms with Gasteiger partial charge in [0.1, 0.15) is 0 Å². The molecule has 0 aliphatic rings. The number of rotatable bonds is 2. The predicted octanol–water partition coefficient (Wildman–Crippen LogP) is 2.83. The Morgan fingerprint density at radius 3 is 2.67 bits per heavy atom. The average Bonchev–Trinajstić information content (AvgIpc) is 2.35. The molecule has 0 unspecified atom stereocenters. The van der Waals surface area contributed by atoms with E-state index in [2.05, 4.69) is 32.9 Å². The molecule has 1 heterocycles. The minimum absolute atomic E-state index is 0.200. The van der Waals surface area contributed by atoms with Gasteiger partial charge < -0.3 is 11.1 Å². The maximum absolute atomic E-state index is 12.1. The number of hydrogen-bond donors (Lipinski definition) is 2. The lowest BCUT2D eigenvalue weighted by Crippen LogP contribution is -2.14. The smallest absolute Gasteiger partial charge is 0.257 e. The first-order chi connectivity index (χ1) is 8.56. The van der Waals surface area contributed by atoms with Crippen molar-refractivity contribution in [2.75, 3.05) is 11.1 Å². The van der Waals surface area contributed by atoms with E-state index in [9.17, 15) is 4.79 Å². The summed E-state index contributed by atoms with van der Waals surface area (Å²) in [6, 6.07) is 9.20. The molecule has 2 aromatic rings. The van der Waals surface area contributed by atoms with Crippen molar-refractivity contribution < 1.29 is 4.79 Å². The molecular formula is C13H12IN3O. The van der Waals surface area contributed by atoms with Crippen molar-refractivity contribution in [1.29, 1.82) is 0 Å². The summed E-state index contributed by atoms with van der Waals surface area (Å²) < 4.78 is 1.12. The third-order valence-corrected chi connectivity index (χ3v) is 3.17. The van der Waals surface area contributed by atoms with E-state index in [1.54, 1.807) is 13.0 Å². The normalized spacial score (nSPS) is 10.1. The topological polar surface area (TPSA) is 68.0 Å². The maximum Gasteiger partial charge on any atom is 0.257 e. The zero-order chi connectivity index (χ0) is 13.1. The molecule has 0 aliphatic heterocycles. The van der Waals surface area contributed by atoms with Crippen LogP contribution in [0.3, 0.4) is 0 Å². The van der Waals surface area contributed by atoms with Crippen molar-refractivity contribution in [1.82, 2.24) is 4.98 Å². The summed E-state index contributed by atoms with van der Waals surface area (Å²) in [7, 11) is 0. The molecule has 1 amide bonds. The molecule has 4 nitrogen and oxygen atoms in total. The molecule has 1 aromatic heterocycles. The van der Waals surface area contributed by atoms with Gasteiger partial charge in [0.15, 0.2) is 0 Å². The van der Waals surface area contributed by atoms with Crippen molar-refractivity contribution in [2.45, 2.75) is 6.92 Å². The number of benzene rings is 1. The minimum Gasteiger partial charge on any atom is -0.397 e. The van der Waals surface area contributed by atoms with Crippen LogP contribution >= 0.6 is 22.6 Å². The largest absolute Gasteiger partial charge is 0.397 e. The van der Waals surface area contributed by atoms with Gasteiger partial charge >= 0.3 is 0 Å². The Balaban J connectivity index is 2.21. The number of carbonyl (C=O) groups is 1. The van der Waals surface area contributed by atoms with Crippen LogP contribution in [-0.4, -0.2) is 10.9 Å². The van der Waals surface area contributed by atoms with E-state index >= 15 is 0 Å². The lowest BCUT2D eigenvalue weighted by Gasteiger charge is -2.07. The van der Waals surface area contributed by atoms with E-state index in [1.807, 2.05) is 24.3 Å². The lowest BCUT2D eigenvalue weighted by molar-refractivity contribution is 0.102. The number of aromatic nitrogens is 1. The van der Waals surface area contributed by atoms with E-state index in [0.717, 1.165) is 9.26 Å². The van der Waals surface area contributed by atoms with Crippen molar-refractivity contribution in [3.05, 3.63) is 51.4 Å². The number of halogens is 1. The first kappa shape index (κ1) is 12.8. The van der Waals surface area contributed by atoms with Gasteiger partial charge in [-0.3, -0.25) is 9.78 Å². The Hall–Kier alpha value is -1.63. The van der Waals surface area contributed by atoms with Gasteiger partial charge in [-0.05, 0) is 59.8 Å². The van der Waals surface area contributed by atoms with E-state index < -0.39 is 0 Å². The molecule has 0 radical (unpaired) electrons. The first-order valence-electron chi connectivity index (χ1n) is 5.35. The molecule has 0 saturated carbocycles. The summed E-state index contributed by atoms with van der Waals surface area (Å²) in [5.74, 6) is -0.200. The number of carbonyl (C=O) groups excluding carboxylic acids is 1. The Bertz CT molecular complexity index is 581. The van der Waals surface area contributed by atoms with Gasteiger partial charge in [0.25, 0.3) is 5.91 Å². The zero-order valence-corrected chi connectivity index (χ0v) is 11.9. The second-order valence-corrected chi connectivity index (χ2v) is 5.11. The highest BCUT2D eigenvalue weighted by Gasteiger charge is 2.10. The summed E-state index contributed by atoms with van der Waals surface area (Å²) in [6.07, 6.45) is 1.54. The number of hydrogen-bond acceptors (Lipinski definition) is 3. The summed E-state index contributed by atoms with van der Waals surface area (Å²) in [5, 5.41) is 2.82. The number of nitrogen functional groups attached to an aromatic ring is 1. The van der Waals surface area contributed by atoms with Crippen LogP contribution in [0, 0.1) is 10.5 Å². The number of nitrogens with zero attached hydrogens (tertiary/aromatic N) is 1. The lowest BCUT2D eigenvalue weighted by atomic mass is 10.1. The van der Waals surface area contributed by atoms with Crippen molar-refractivity contribution in [3.63, 3.8) is 0 Å². The average molecular weight is 353 g/mol. The van der Waals surface area contributed by atoms with Gasteiger partial charge in [-0.2, -0.15) is 0 Å². The summed E-state index contributed by atoms with van der Waals surface area (Å²) in [5.41, 5.74) is 8.02. The summed E-state index contributed by atoms with van der Waals surface area (Å²) >= 11 is 2.21. The van der Waals surface area contributed by atoms with Crippen LogP contribution in [0.5, 0.6) is 0 Å². The number of anilines is 2. The fourth-order valence-corrected chi connectivity index (χ4v) is 1.87. The SMILES string of the molecule is Cc1ncc(N)cc1C(=O)Nc1ccc(I)cc1. The predicted molar refractivity (Wildman–Crippen MR) is 80.5 cm³/mol. The van der Waals surface area contributed by atoms with E-state index in [-0.39, 0.29) is 5.91 Å². The molecule has 0 aliphatic carbocycles. The maximum atomic E-state index is 12.1. The number of nitrogens with two attached hydrogens (primary N) is 1. The Labute approximate surface area is 119 Å². The molecule has 0 spiro atoms. The second kappa shape index (κ2) is 5.34. The number of aryl methyl sites for hydroxylation is 1. The molecule has 5 heteroatoms. The fourth-order valence-electron chi connectivity index (χ4n) is 1.51. The van der Waals surface area contributed by atoms with Gasteiger partial charge in [-0.25, -0.2) is 0 Å². The van der Waals surface area contributed by atoms with E-state index in [1.165, 1.54) is 6.20 Å². The van der Waals surface area contributed by atoms with Crippen molar-refractivity contribution in [3.8, 4) is 0 Å². The second-order valence-electron chi connectivity index (χ2n) is 3.86. The number of amides is 1. The third-order valence-electron chi connectivity index (χ3n) is 2.45. The van der Waals surface area contributed by atoms with Crippen molar-refractivity contribution >= 4 is 39.9 Å². The van der Waals surface area contributed by atoms with Crippen LogP contribution in [-0.2, 0) is 0 Å². The van der Waals surface area contributed by atoms with Crippen LogP contribution in [0.15, 0.2) is 36.5 Å². The molecule has 92 valence electrons. The van der Waals surface area contributed by atoms with Gasteiger partial charge in [0.2, 0.25) is 0 Å². The minimum atomic E-state index is -0.200.